The average Bonchev–Trinajstić information content (AvgIpc) is 2.85. The van der Waals surface area contributed by atoms with Gasteiger partial charge in [0.2, 0.25) is 5.95 Å². The van der Waals surface area contributed by atoms with Crippen LogP contribution in [0, 0.1) is 0 Å². The SMILES string of the molecule is CCc1cc2c(NCCCS(C)(=O)=O)nc(NN)nc2s1. The first-order valence-corrected chi connectivity index (χ1v) is 9.49. The molecule has 0 aromatic carbocycles. The number of aryl methyl sites for hydroxylation is 1. The Kier molecular flexibility index (Phi) is 4.96. The molecule has 0 radical (unpaired) electrons. The molecule has 0 bridgehead atoms. The van der Waals surface area contributed by atoms with Gasteiger partial charge < -0.3 is 5.32 Å². The number of sulfone groups is 1. The highest BCUT2D eigenvalue weighted by Gasteiger charge is 2.11. The molecule has 0 spiro atoms. The largest absolute Gasteiger partial charge is 0.369 e. The standard InChI is InChI=1S/C12H19N5O2S2/c1-3-8-7-9-10(14-5-4-6-21(2,18)19)15-12(17-13)16-11(9)20-8/h7H,3-6,13H2,1-2H3,(H2,14,15,16,17). The number of hydrogen-bond acceptors (Lipinski definition) is 8. The number of hydrogen-bond donors (Lipinski definition) is 3. The second-order valence-electron chi connectivity index (χ2n) is 4.74. The molecule has 0 saturated heterocycles. The third-order valence-electron chi connectivity index (χ3n) is 2.91. The van der Waals surface area contributed by atoms with Crippen molar-refractivity contribution in [3.05, 3.63) is 10.9 Å². The number of rotatable bonds is 7. The maximum absolute atomic E-state index is 11.1. The van der Waals surface area contributed by atoms with Gasteiger partial charge in [-0.2, -0.15) is 4.98 Å². The van der Waals surface area contributed by atoms with Gasteiger partial charge in [-0.15, -0.1) is 11.3 Å². The molecule has 2 aromatic heterocycles. The van der Waals surface area contributed by atoms with Crippen molar-refractivity contribution in [2.75, 3.05) is 29.3 Å². The number of aromatic nitrogens is 2. The first kappa shape index (κ1) is 15.9. The van der Waals surface area contributed by atoms with Crippen molar-refractivity contribution >= 4 is 43.2 Å². The van der Waals surface area contributed by atoms with Crippen LogP contribution in [0.2, 0.25) is 0 Å². The Labute approximate surface area is 127 Å². The highest BCUT2D eigenvalue weighted by atomic mass is 32.2. The Balaban J connectivity index is 2.18. The van der Waals surface area contributed by atoms with E-state index in [2.05, 4.69) is 33.7 Å². The molecule has 0 aliphatic rings. The van der Waals surface area contributed by atoms with E-state index in [-0.39, 0.29) is 5.75 Å². The van der Waals surface area contributed by atoms with E-state index in [0.717, 1.165) is 16.6 Å². The number of nitrogen functional groups attached to an aromatic ring is 1. The van der Waals surface area contributed by atoms with Crippen LogP contribution < -0.4 is 16.6 Å². The molecule has 2 aromatic rings. The number of nitrogens with one attached hydrogen (secondary N) is 2. The Bertz CT molecular complexity index is 727. The quantitative estimate of drug-likeness (QED) is 0.400. The van der Waals surface area contributed by atoms with E-state index in [1.165, 1.54) is 11.1 Å². The van der Waals surface area contributed by atoms with Crippen molar-refractivity contribution in [2.45, 2.75) is 19.8 Å². The number of nitrogens with two attached hydrogens (primary N) is 1. The van der Waals surface area contributed by atoms with Gasteiger partial charge in [0, 0.05) is 17.7 Å². The smallest absolute Gasteiger partial charge is 0.240 e. The zero-order chi connectivity index (χ0) is 15.5. The number of nitrogens with zero attached hydrogens (tertiary/aromatic N) is 2. The number of fused-ring (bicyclic) bond motifs is 1. The summed E-state index contributed by atoms with van der Waals surface area (Å²) in [6.45, 7) is 2.61. The van der Waals surface area contributed by atoms with Crippen LogP contribution in [0.1, 0.15) is 18.2 Å². The Morgan fingerprint density at radius 1 is 1.38 bits per heavy atom. The summed E-state index contributed by atoms with van der Waals surface area (Å²) in [5, 5.41) is 4.11. The van der Waals surface area contributed by atoms with Crippen LogP contribution in [-0.4, -0.2) is 36.9 Å². The van der Waals surface area contributed by atoms with Gasteiger partial charge in [0.25, 0.3) is 0 Å². The molecule has 0 unspecified atom stereocenters. The summed E-state index contributed by atoms with van der Waals surface area (Å²) in [4.78, 5) is 10.7. The molecule has 0 saturated carbocycles. The molecule has 2 heterocycles. The molecule has 4 N–H and O–H groups in total. The first-order valence-electron chi connectivity index (χ1n) is 6.61. The summed E-state index contributed by atoms with van der Waals surface area (Å²) in [5.41, 5.74) is 2.45. The molecule has 0 atom stereocenters. The Morgan fingerprint density at radius 3 is 2.76 bits per heavy atom. The highest BCUT2D eigenvalue weighted by Crippen LogP contribution is 2.30. The van der Waals surface area contributed by atoms with Crippen molar-refractivity contribution in [2.24, 2.45) is 5.84 Å². The molecule has 0 aliphatic heterocycles. The molecular weight excluding hydrogens is 310 g/mol. The van der Waals surface area contributed by atoms with Crippen molar-refractivity contribution in [3.63, 3.8) is 0 Å². The molecular formula is C12H19N5O2S2. The first-order chi connectivity index (χ1) is 9.93. The van der Waals surface area contributed by atoms with Gasteiger partial charge in [-0.1, -0.05) is 6.92 Å². The zero-order valence-corrected chi connectivity index (χ0v) is 13.6. The monoisotopic (exact) mass is 329 g/mol. The second-order valence-corrected chi connectivity index (χ2v) is 8.11. The third-order valence-corrected chi connectivity index (χ3v) is 5.11. The normalized spacial score (nSPS) is 11.8. The fourth-order valence-electron chi connectivity index (χ4n) is 1.89. The maximum Gasteiger partial charge on any atom is 0.240 e. The van der Waals surface area contributed by atoms with Gasteiger partial charge in [0.05, 0.1) is 11.1 Å². The van der Waals surface area contributed by atoms with Crippen LogP contribution in [0.3, 0.4) is 0 Å². The lowest BCUT2D eigenvalue weighted by Gasteiger charge is -2.08. The summed E-state index contributed by atoms with van der Waals surface area (Å²) < 4.78 is 22.2. The molecule has 0 aliphatic carbocycles. The topological polar surface area (TPSA) is 110 Å². The molecule has 2 rings (SSSR count). The fourth-order valence-corrected chi connectivity index (χ4v) is 3.52. The number of thiophene rings is 1. The third kappa shape index (κ3) is 4.26. The van der Waals surface area contributed by atoms with Crippen LogP contribution in [0.15, 0.2) is 6.07 Å². The molecule has 21 heavy (non-hydrogen) atoms. The zero-order valence-electron chi connectivity index (χ0n) is 12.0. The van der Waals surface area contributed by atoms with Crippen LogP contribution >= 0.6 is 11.3 Å². The lowest BCUT2D eigenvalue weighted by atomic mass is 10.3. The van der Waals surface area contributed by atoms with Gasteiger partial charge in [-0.05, 0) is 18.9 Å². The van der Waals surface area contributed by atoms with E-state index in [1.807, 2.05) is 0 Å². The summed E-state index contributed by atoms with van der Waals surface area (Å²) in [7, 11) is -2.94. The summed E-state index contributed by atoms with van der Waals surface area (Å²) in [6.07, 6.45) is 2.69. The van der Waals surface area contributed by atoms with Gasteiger partial charge >= 0.3 is 0 Å². The van der Waals surface area contributed by atoms with Crippen LogP contribution in [-0.2, 0) is 16.3 Å². The molecule has 0 fully saturated rings. The lowest BCUT2D eigenvalue weighted by Crippen LogP contribution is -2.13. The predicted octanol–water partition coefficient (Wildman–Crippen LogP) is 1.39. The van der Waals surface area contributed by atoms with E-state index >= 15 is 0 Å². The van der Waals surface area contributed by atoms with E-state index < -0.39 is 9.84 Å². The molecule has 116 valence electrons. The molecule has 7 nitrogen and oxygen atoms in total. The number of anilines is 2. The van der Waals surface area contributed by atoms with Gasteiger partial charge in [0.15, 0.2) is 0 Å². The minimum atomic E-state index is -2.94. The Morgan fingerprint density at radius 2 is 2.14 bits per heavy atom. The minimum absolute atomic E-state index is 0.153. The minimum Gasteiger partial charge on any atom is -0.369 e. The van der Waals surface area contributed by atoms with E-state index in [4.69, 9.17) is 5.84 Å². The van der Waals surface area contributed by atoms with Gasteiger partial charge in [0.1, 0.15) is 20.5 Å². The maximum atomic E-state index is 11.1. The highest BCUT2D eigenvalue weighted by molar-refractivity contribution is 7.90. The van der Waals surface area contributed by atoms with Crippen LogP contribution in [0.4, 0.5) is 11.8 Å². The average molecular weight is 329 g/mol. The van der Waals surface area contributed by atoms with E-state index in [9.17, 15) is 8.42 Å². The van der Waals surface area contributed by atoms with Crippen LogP contribution in [0.25, 0.3) is 10.2 Å². The van der Waals surface area contributed by atoms with Gasteiger partial charge in [-0.3, -0.25) is 5.43 Å². The lowest BCUT2D eigenvalue weighted by molar-refractivity contribution is 0.600. The van der Waals surface area contributed by atoms with E-state index in [1.54, 1.807) is 11.3 Å². The molecule has 0 amide bonds. The number of hydrazine groups is 1. The van der Waals surface area contributed by atoms with Crippen molar-refractivity contribution in [1.29, 1.82) is 0 Å². The van der Waals surface area contributed by atoms with E-state index in [0.29, 0.717) is 24.7 Å². The Hall–Kier alpha value is -1.45. The van der Waals surface area contributed by atoms with Crippen LogP contribution in [0.5, 0.6) is 0 Å². The molecule has 9 heteroatoms. The van der Waals surface area contributed by atoms with Crippen molar-refractivity contribution in [3.8, 4) is 0 Å². The fraction of sp³-hybridized carbons (Fsp3) is 0.500. The van der Waals surface area contributed by atoms with Crippen molar-refractivity contribution in [1.82, 2.24) is 9.97 Å². The predicted molar refractivity (Wildman–Crippen MR) is 87.4 cm³/mol. The summed E-state index contributed by atoms with van der Waals surface area (Å²) in [5.74, 6) is 6.56. The second kappa shape index (κ2) is 6.54. The summed E-state index contributed by atoms with van der Waals surface area (Å²) in [6, 6.07) is 2.05. The van der Waals surface area contributed by atoms with Crippen molar-refractivity contribution < 1.29 is 8.42 Å². The van der Waals surface area contributed by atoms with Gasteiger partial charge in [-0.25, -0.2) is 19.2 Å². The summed E-state index contributed by atoms with van der Waals surface area (Å²) >= 11 is 1.60.